The Bertz CT molecular complexity index is 890. The third-order valence-electron chi connectivity index (χ3n) is 4.21. The van der Waals surface area contributed by atoms with Crippen molar-refractivity contribution in [3.8, 4) is 5.75 Å². The number of fused-ring (bicyclic) bond motifs is 1. The maximum Gasteiger partial charge on any atom is 0.257 e. The van der Waals surface area contributed by atoms with Gasteiger partial charge in [0.15, 0.2) is 12.9 Å². The summed E-state index contributed by atoms with van der Waals surface area (Å²) >= 11 is 0. The summed E-state index contributed by atoms with van der Waals surface area (Å²) in [6.07, 6.45) is 2.56. The third kappa shape index (κ3) is 4.48. The number of nitrogens with one attached hydrogen (secondary N) is 1. The van der Waals surface area contributed by atoms with E-state index in [2.05, 4.69) is 17.4 Å². The largest absolute Gasteiger partial charge is 0.483 e. The Hall–Kier alpha value is -3.14. The van der Waals surface area contributed by atoms with Gasteiger partial charge in [-0.1, -0.05) is 60.7 Å². The molecule has 4 nitrogen and oxygen atoms in total. The van der Waals surface area contributed by atoms with Crippen molar-refractivity contribution in [3.63, 3.8) is 0 Å². The lowest BCUT2D eigenvalue weighted by atomic mass is 10.0. The highest BCUT2D eigenvalue weighted by Gasteiger charge is 2.10. The molecule has 26 heavy (non-hydrogen) atoms. The van der Waals surface area contributed by atoms with Crippen LogP contribution >= 0.6 is 0 Å². The normalized spacial score (nSPS) is 10.5. The van der Waals surface area contributed by atoms with Crippen LogP contribution in [0, 0.1) is 0 Å². The fourth-order valence-electron chi connectivity index (χ4n) is 2.88. The SMILES string of the molecule is O=Cc1c(OCC(=O)NCCCc2ccccc2)ccc2ccccc12. The van der Waals surface area contributed by atoms with E-state index in [0.29, 0.717) is 17.9 Å². The summed E-state index contributed by atoms with van der Waals surface area (Å²) in [5, 5.41) is 4.63. The Morgan fingerprint density at radius 1 is 0.962 bits per heavy atom. The first-order valence-corrected chi connectivity index (χ1v) is 8.68. The fourth-order valence-corrected chi connectivity index (χ4v) is 2.88. The van der Waals surface area contributed by atoms with E-state index >= 15 is 0 Å². The Kier molecular flexibility index (Phi) is 5.99. The quantitative estimate of drug-likeness (QED) is 0.498. The molecule has 0 bridgehead atoms. The van der Waals surface area contributed by atoms with E-state index in [4.69, 9.17) is 4.74 Å². The van der Waals surface area contributed by atoms with Gasteiger partial charge in [-0.2, -0.15) is 0 Å². The van der Waals surface area contributed by atoms with Crippen molar-refractivity contribution < 1.29 is 14.3 Å². The molecule has 0 radical (unpaired) electrons. The lowest BCUT2D eigenvalue weighted by molar-refractivity contribution is -0.123. The number of benzene rings is 3. The second-order valence-electron chi connectivity index (χ2n) is 6.04. The standard InChI is InChI=1S/C22H21NO3/c24-15-20-19-11-5-4-10-18(19)12-13-21(20)26-16-22(25)23-14-6-9-17-7-2-1-3-8-17/h1-5,7-8,10-13,15H,6,9,14,16H2,(H,23,25). The zero-order chi connectivity index (χ0) is 18.2. The summed E-state index contributed by atoms with van der Waals surface area (Å²) in [7, 11) is 0. The molecule has 4 heteroatoms. The first-order valence-electron chi connectivity index (χ1n) is 8.68. The molecule has 3 aromatic rings. The molecule has 0 fully saturated rings. The van der Waals surface area contributed by atoms with E-state index in [0.717, 1.165) is 29.9 Å². The van der Waals surface area contributed by atoms with Crippen molar-refractivity contribution >= 4 is 23.0 Å². The highest BCUT2D eigenvalue weighted by atomic mass is 16.5. The van der Waals surface area contributed by atoms with Crippen LogP contribution in [0.5, 0.6) is 5.75 Å². The lowest BCUT2D eigenvalue weighted by Gasteiger charge is -2.11. The molecule has 0 saturated heterocycles. The molecule has 0 aromatic heterocycles. The van der Waals surface area contributed by atoms with Crippen LogP contribution < -0.4 is 10.1 Å². The van der Waals surface area contributed by atoms with Gasteiger partial charge in [0.2, 0.25) is 0 Å². The van der Waals surface area contributed by atoms with Gasteiger partial charge in [0.1, 0.15) is 5.75 Å². The van der Waals surface area contributed by atoms with E-state index in [1.54, 1.807) is 6.07 Å². The molecule has 0 unspecified atom stereocenters. The molecule has 0 spiro atoms. The van der Waals surface area contributed by atoms with E-state index in [1.165, 1.54) is 5.56 Å². The molecule has 1 N–H and O–H groups in total. The van der Waals surface area contributed by atoms with Crippen molar-refractivity contribution in [2.75, 3.05) is 13.2 Å². The summed E-state index contributed by atoms with van der Waals surface area (Å²) in [6.45, 7) is 0.486. The number of aldehydes is 1. The van der Waals surface area contributed by atoms with Crippen LogP contribution in [-0.4, -0.2) is 25.3 Å². The van der Waals surface area contributed by atoms with Crippen molar-refractivity contribution in [1.29, 1.82) is 0 Å². The number of hydrogen-bond donors (Lipinski definition) is 1. The topological polar surface area (TPSA) is 55.4 Å². The molecule has 0 atom stereocenters. The number of rotatable bonds is 8. The van der Waals surface area contributed by atoms with Gasteiger partial charge < -0.3 is 10.1 Å². The first kappa shape index (κ1) is 17.7. The van der Waals surface area contributed by atoms with Gasteiger partial charge >= 0.3 is 0 Å². The highest BCUT2D eigenvalue weighted by Crippen LogP contribution is 2.26. The molecule has 0 heterocycles. The minimum absolute atomic E-state index is 0.107. The summed E-state index contributed by atoms with van der Waals surface area (Å²) < 4.78 is 5.57. The molecule has 0 saturated carbocycles. The van der Waals surface area contributed by atoms with Gasteiger partial charge in [-0.3, -0.25) is 9.59 Å². The van der Waals surface area contributed by atoms with Crippen LogP contribution in [0.2, 0.25) is 0 Å². The highest BCUT2D eigenvalue weighted by molar-refractivity contribution is 6.00. The summed E-state index contributed by atoms with van der Waals surface area (Å²) in [5.41, 5.74) is 1.73. The van der Waals surface area contributed by atoms with Gasteiger partial charge in [0, 0.05) is 6.54 Å². The van der Waals surface area contributed by atoms with Crippen molar-refractivity contribution in [2.45, 2.75) is 12.8 Å². The molecule has 0 aliphatic rings. The number of ether oxygens (including phenoxy) is 1. The second-order valence-corrected chi connectivity index (χ2v) is 6.04. The maximum absolute atomic E-state index is 12.0. The average Bonchev–Trinajstić information content (AvgIpc) is 2.70. The molecule has 3 aromatic carbocycles. The number of amides is 1. The fraction of sp³-hybridized carbons (Fsp3) is 0.182. The van der Waals surface area contributed by atoms with Crippen LogP contribution in [0.4, 0.5) is 0 Å². The molecular formula is C22H21NO3. The Balaban J connectivity index is 1.50. The van der Waals surface area contributed by atoms with Gasteiger partial charge in [-0.15, -0.1) is 0 Å². The molecule has 3 rings (SSSR count). The molecule has 0 aliphatic carbocycles. The third-order valence-corrected chi connectivity index (χ3v) is 4.21. The smallest absolute Gasteiger partial charge is 0.257 e. The first-order chi connectivity index (χ1) is 12.8. The monoisotopic (exact) mass is 347 g/mol. The van der Waals surface area contributed by atoms with Crippen LogP contribution in [0.3, 0.4) is 0 Å². The predicted molar refractivity (Wildman–Crippen MR) is 103 cm³/mol. The van der Waals surface area contributed by atoms with Crippen molar-refractivity contribution in [3.05, 3.63) is 77.9 Å². The second kappa shape index (κ2) is 8.81. The number of aryl methyl sites for hydroxylation is 1. The molecular weight excluding hydrogens is 326 g/mol. The number of carbonyl (C=O) groups excluding carboxylic acids is 2. The van der Waals surface area contributed by atoms with E-state index < -0.39 is 0 Å². The van der Waals surface area contributed by atoms with Crippen LogP contribution in [-0.2, 0) is 11.2 Å². The molecule has 0 aliphatic heterocycles. The molecule has 1 amide bonds. The Labute approximate surface area is 152 Å². The summed E-state index contributed by atoms with van der Waals surface area (Å²) in [6, 6.07) is 21.4. The Morgan fingerprint density at radius 2 is 1.73 bits per heavy atom. The van der Waals surface area contributed by atoms with Crippen LogP contribution in [0.1, 0.15) is 22.3 Å². The van der Waals surface area contributed by atoms with Crippen LogP contribution in [0.25, 0.3) is 10.8 Å². The minimum atomic E-state index is -0.192. The zero-order valence-corrected chi connectivity index (χ0v) is 14.5. The average molecular weight is 347 g/mol. The zero-order valence-electron chi connectivity index (χ0n) is 14.5. The van der Waals surface area contributed by atoms with Crippen molar-refractivity contribution in [2.24, 2.45) is 0 Å². The maximum atomic E-state index is 12.0. The number of carbonyl (C=O) groups is 2. The minimum Gasteiger partial charge on any atom is -0.483 e. The van der Waals surface area contributed by atoms with E-state index in [-0.39, 0.29) is 12.5 Å². The lowest BCUT2D eigenvalue weighted by Crippen LogP contribution is -2.30. The van der Waals surface area contributed by atoms with E-state index in [1.807, 2.05) is 48.5 Å². The van der Waals surface area contributed by atoms with Gasteiger partial charge in [0.05, 0.1) is 5.56 Å². The van der Waals surface area contributed by atoms with Crippen molar-refractivity contribution in [1.82, 2.24) is 5.32 Å². The molecule has 132 valence electrons. The summed E-state index contributed by atoms with van der Waals surface area (Å²) in [4.78, 5) is 23.4. The van der Waals surface area contributed by atoms with E-state index in [9.17, 15) is 9.59 Å². The Morgan fingerprint density at radius 3 is 2.54 bits per heavy atom. The predicted octanol–water partition coefficient (Wildman–Crippen LogP) is 3.78. The number of hydrogen-bond acceptors (Lipinski definition) is 3. The summed E-state index contributed by atoms with van der Waals surface area (Å²) in [5.74, 6) is 0.237. The van der Waals surface area contributed by atoms with Gasteiger partial charge in [-0.25, -0.2) is 0 Å². The van der Waals surface area contributed by atoms with Gasteiger partial charge in [-0.05, 0) is 35.2 Å². The van der Waals surface area contributed by atoms with Crippen LogP contribution in [0.15, 0.2) is 66.7 Å². The van der Waals surface area contributed by atoms with Gasteiger partial charge in [0.25, 0.3) is 5.91 Å².